The van der Waals surface area contributed by atoms with Crippen LogP contribution < -0.4 is 10.2 Å². The van der Waals surface area contributed by atoms with Crippen molar-refractivity contribution < 1.29 is 9.90 Å². The molecule has 20 heavy (non-hydrogen) atoms. The summed E-state index contributed by atoms with van der Waals surface area (Å²) < 4.78 is 0. The van der Waals surface area contributed by atoms with Gasteiger partial charge in [0.05, 0.1) is 0 Å². The highest BCUT2D eigenvalue weighted by Crippen LogP contribution is 2.27. The summed E-state index contributed by atoms with van der Waals surface area (Å²) in [5.74, 6) is -0.392. The maximum atomic E-state index is 11.2. The normalized spacial score (nSPS) is 15.5. The standard InChI is InChI=1S/C16H24N2O2/c1-11(2)8-14(16(19)20)17-10-12-4-5-15-13(9-12)6-7-18(15)3/h4-5,9,11,14,17H,6-8,10H2,1-3H3,(H,19,20). The Balaban J connectivity index is 1.98. The van der Waals surface area contributed by atoms with Crippen molar-refractivity contribution in [2.24, 2.45) is 5.92 Å². The molecule has 0 bridgehead atoms. The third-order valence-corrected chi connectivity index (χ3v) is 3.83. The summed E-state index contributed by atoms with van der Waals surface area (Å²) in [7, 11) is 2.10. The first-order valence-corrected chi connectivity index (χ1v) is 7.26. The van der Waals surface area contributed by atoms with E-state index in [2.05, 4.69) is 35.5 Å². The second-order valence-electron chi connectivity index (χ2n) is 6.04. The number of fused-ring (bicyclic) bond motifs is 1. The first kappa shape index (κ1) is 14.9. The average molecular weight is 276 g/mol. The average Bonchev–Trinajstić information content (AvgIpc) is 2.75. The number of nitrogens with zero attached hydrogens (tertiary/aromatic N) is 1. The van der Waals surface area contributed by atoms with Crippen LogP contribution in [0.1, 0.15) is 31.4 Å². The summed E-state index contributed by atoms with van der Waals surface area (Å²) in [4.78, 5) is 13.5. The van der Waals surface area contributed by atoms with E-state index in [-0.39, 0.29) is 0 Å². The molecule has 1 aromatic carbocycles. The Morgan fingerprint density at radius 1 is 1.45 bits per heavy atom. The molecule has 1 aliphatic rings. The summed E-state index contributed by atoms with van der Waals surface area (Å²) in [5.41, 5.74) is 3.82. The second kappa shape index (κ2) is 6.27. The van der Waals surface area contributed by atoms with Crippen LogP contribution in [0.25, 0.3) is 0 Å². The number of carboxylic acids is 1. The summed E-state index contributed by atoms with van der Waals surface area (Å²) in [6, 6.07) is 5.95. The van der Waals surface area contributed by atoms with Crippen LogP contribution in [-0.4, -0.2) is 30.7 Å². The van der Waals surface area contributed by atoms with Gasteiger partial charge in [-0.1, -0.05) is 26.0 Å². The molecule has 0 saturated carbocycles. The Labute approximate surface area is 120 Å². The van der Waals surface area contributed by atoms with Gasteiger partial charge < -0.3 is 15.3 Å². The highest BCUT2D eigenvalue weighted by atomic mass is 16.4. The molecule has 0 fully saturated rings. The number of hydrogen-bond acceptors (Lipinski definition) is 3. The molecule has 0 radical (unpaired) electrons. The Morgan fingerprint density at radius 2 is 2.20 bits per heavy atom. The molecule has 4 heteroatoms. The number of benzene rings is 1. The number of rotatable bonds is 6. The maximum absolute atomic E-state index is 11.2. The minimum atomic E-state index is -0.764. The fourth-order valence-electron chi connectivity index (χ4n) is 2.71. The van der Waals surface area contributed by atoms with Gasteiger partial charge in [0.2, 0.25) is 0 Å². The fraction of sp³-hybridized carbons (Fsp3) is 0.562. The van der Waals surface area contributed by atoms with Crippen molar-refractivity contribution >= 4 is 11.7 Å². The zero-order valence-electron chi connectivity index (χ0n) is 12.5. The highest BCUT2D eigenvalue weighted by Gasteiger charge is 2.19. The summed E-state index contributed by atoms with van der Waals surface area (Å²) in [5, 5.41) is 12.4. The molecule has 4 nitrogen and oxygen atoms in total. The van der Waals surface area contributed by atoms with Crippen LogP contribution in [0.2, 0.25) is 0 Å². The van der Waals surface area contributed by atoms with Crippen LogP contribution in [0.5, 0.6) is 0 Å². The lowest BCUT2D eigenvalue weighted by Crippen LogP contribution is -2.37. The first-order chi connectivity index (χ1) is 9.47. The van der Waals surface area contributed by atoms with E-state index < -0.39 is 12.0 Å². The summed E-state index contributed by atoms with van der Waals surface area (Å²) >= 11 is 0. The molecule has 2 N–H and O–H groups in total. The van der Waals surface area contributed by atoms with Gasteiger partial charge in [-0.3, -0.25) is 4.79 Å². The van der Waals surface area contributed by atoms with E-state index in [1.54, 1.807) is 0 Å². The number of nitrogens with one attached hydrogen (secondary N) is 1. The van der Waals surface area contributed by atoms with Crippen LogP contribution in [0, 0.1) is 5.92 Å². The van der Waals surface area contributed by atoms with Crippen molar-refractivity contribution in [3.05, 3.63) is 29.3 Å². The molecule has 1 aromatic rings. The Kier molecular flexibility index (Phi) is 4.65. The third-order valence-electron chi connectivity index (χ3n) is 3.83. The molecule has 0 amide bonds. The van der Waals surface area contributed by atoms with E-state index in [4.69, 9.17) is 0 Å². The van der Waals surface area contributed by atoms with Crippen molar-refractivity contribution in [2.45, 2.75) is 39.3 Å². The lowest BCUT2D eigenvalue weighted by Gasteiger charge is -2.17. The van der Waals surface area contributed by atoms with Gasteiger partial charge in [-0.25, -0.2) is 0 Å². The SMILES string of the molecule is CC(C)CC(NCc1ccc2c(c1)CCN2C)C(=O)O. The Hall–Kier alpha value is -1.55. The van der Waals surface area contributed by atoms with Crippen molar-refractivity contribution in [3.63, 3.8) is 0 Å². The van der Waals surface area contributed by atoms with Crippen LogP contribution in [0.3, 0.4) is 0 Å². The van der Waals surface area contributed by atoms with E-state index >= 15 is 0 Å². The Morgan fingerprint density at radius 3 is 2.85 bits per heavy atom. The largest absolute Gasteiger partial charge is 0.480 e. The predicted octanol–water partition coefficient (Wildman–Crippen LogP) is 2.27. The minimum absolute atomic E-state index is 0.372. The number of hydrogen-bond donors (Lipinski definition) is 2. The van der Waals surface area contributed by atoms with Crippen molar-refractivity contribution in [1.29, 1.82) is 0 Å². The molecule has 0 aliphatic carbocycles. The predicted molar refractivity (Wildman–Crippen MR) is 81.1 cm³/mol. The van der Waals surface area contributed by atoms with Crippen LogP contribution in [0.15, 0.2) is 18.2 Å². The topological polar surface area (TPSA) is 52.6 Å². The lowest BCUT2D eigenvalue weighted by molar-refractivity contribution is -0.140. The number of carboxylic acid groups (broad SMARTS) is 1. The van der Waals surface area contributed by atoms with Crippen molar-refractivity contribution in [3.8, 4) is 0 Å². The van der Waals surface area contributed by atoms with E-state index in [1.807, 2.05) is 13.8 Å². The summed E-state index contributed by atoms with van der Waals surface area (Å²) in [6.45, 7) is 5.77. The molecule has 0 spiro atoms. The molecule has 1 atom stereocenters. The molecule has 0 saturated heterocycles. The van der Waals surface area contributed by atoms with Gasteiger partial charge in [0.15, 0.2) is 0 Å². The maximum Gasteiger partial charge on any atom is 0.320 e. The molecule has 1 heterocycles. The van der Waals surface area contributed by atoms with Crippen molar-refractivity contribution in [2.75, 3.05) is 18.5 Å². The molecule has 0 aromatic heterocycles. The molecular weight excluding hydrogens is 252 g/mol. The number of anilines is 1. The zero-order valence-corrected chi connectivity index (χ0v) is 12.5. The van der Waals surface area contributed by atoms with E-state index in [0.29, 0.717) is 18.9 Å². The van der Waals surface area contributed by atoms with Crippen LogP contribution in [-0.2, 0) is 17.8 Å². The molecule has 110 valence electrons. The third kappa shape index (κ3) is 3.51. The number of likely N-dealkylation sites (N-methyl/N-ethyl adjacent to an activating group) is 1. The highest BCUT2D eigenvalue weighted by molar-refractivity contribution is 5.73. The van der Waals surface area contributed by atoms with E-state index in [1.165, 1.54) is 11.3 Å². The lowest BCUT2D eigenvalue weighted by atomic mass is 10.0. The van der Waals surface area contributed by atoms with Gasteiger partial charge in [-0.05, 0) is 36.0 Å². The van der Waals surface area contributed by atoms with Crippen molar-refractivity contribution in [1.82, 2.24) is 5.32 Å². The van der Waals surface area contributed by atoms with Gasteiger partial charge in [0.25, 0.3) is 0 Å². The number of aliphatic carboxylic acids is 1. The Bertz CT molecular complexity index is 485. The van der Waals surface area contributed by atoms with E-state index in [9.17, 15) is 9.90 Å². The molecule has 2 rings (SSSR count). The number of carbonyl (C=O) groups is 1. The smallest absolute Gasteiger partial charge is 0.320 e. The van der Waals surface area contributed by atoms with Gasteiger partial charge in [-0.15, -0.1) is 0 Å². The van der Waals surface area contributed by atoms with Gasteiger partial charge in [-0.2, -0.15) is 0 Å². The quantitative estimate of drug-likeness (QED) is 0.837. The monoisotopic (exact) mass is 276 g/mol. The van der Waals surface area contributed by atoms with Gasteiger partial charge in [0.1, 0.15) is 6.04 Å². The fourth-order valence-corrected chi connectivity index (χ4v) is 2.71. The van der Waals surface area contributed by atoms with Gasteiger partial charge >= 0.3 is 5.97 Å². The van der Waals surface area contributed by atoms with Crippen LogP contribution >= 0.6 is 0 Å². The van der Waals surface area contributed by atoms with Crippen LogP contribution in [0.4, 0.5) is 5.69 Å². The zero-order chi connectivity index (χ0) is 14.7. The molecule has 1 unspecified atom stereocenters. The molecular formula is C16H24N2O2. The van der Waals surface area contributed by atoms with E-state index in [0.717, 1.165) is 18.5 Å². The minimum Gasteiger partial charge on any atom is -0.480 e. The first-order valence-electron chi connectivity index (χ1n) is 7.26. The second-order valence-corrected chi connectivity index (χ2v) is 6.04. The van der Waals surface area contributed by atoms with Gasteiger partial charge in [0, 0.05) is 25.8 Å². The molecule has 1 aliphatic heterocycles. The summed E-state index contributed by atoms with van der Waals surface area (Å²) in [6.07, 6.45) is 1.73.